The molecule has 1 atom stereocenters. The van der Waals surface area contributed by atoms with Gasteiger partial charge < -0.3 is 4.90 Å². The molecule has 1 saturated heterocycles. The van der Waals surface area contributed by atoms with Crippen LogP contribution in [0.3, 0.4) is 0 Å². The molecule has 0 bridgehead atoms. The van der Waals surface area contributed by atoms with Crippen LogP contribution in [0.4, 0.5) is 0 Å². The summed E-state index contributed by atoms with van der Waals surface area (Å²) >= 11 is 0. The summed E-state index contributed by atoms with van der Waals surface area (Å²) < 4.78 is 28.2. The molecule has 0 spiro atoms. The fraction of sp³-hybridized carbons (Fsp3) is 0.667. The van der Waals surface area contributed by atoms with E-state index in [-0.39, 0.29) is 17.4 Å². The Hall–Kier alpha value is -1.44. The molecule has 6 nitrogen and oxygen atoms in total. The topological polar surface area (TPSA) is 60.9 Å². The summed E-state index contributed by atoms with van der Waals surface area (Å²) in [6.45, 7) is 13.9. The summed E-state index contributed by atoms with van der Waals surface area (Å²) in [6.07, 6.45) is 0. The van der Waals surface area contributed by atoms with Crippen LogP contribution < -0.4 is 0 Å². The Morgan fingerprint density at radius 3 is 1.89 bits per heavy atom. The standard InChI is InChI=1S/C21H35N3O3S/c1-15-13-18(21(4,5)6)14-16(2)19(15)28(26,27)24-11-9-23(10-12-24)17(3)20(25)22(7)8/h13-14,17H,9-12H2,1-8H3/t17-/m0/s1. The highest BCUT2D eigenvalue weighted by Crippen LogP contribution is 2.31. The SMILES string of the molecule is Cc1cc(C(C)(C)C)cc(C)c1S(=O)(=O)N1CCN([C@@H](C)C(=O)N(C)C)CC1. The van der Waals surface area contributed by atoms with Gasteiger partial charge >= 0.3 is 0 Å². The third-order valence-electron chi connectivity index (χ3n) is 5.54. The van der Waals surface area contributed by atoms with Crippen LogP contribution in [-0.2, 0) is 20.2 Å². The third kappa shape index (κ3) is 4.58. The molecule has 0 unspecified atom stereocenters. The van der Waals surface area contributed by atoms with Crippen LogP contribution in [0.15, 0.2) is 17.0 Å². The van der Waals surface area contributed by atoms with E-state index in [0.29, 0.717) is 31.1 Å². The van der Waals surface area contributed by atoms with E-state index in [2.05, 4.69) is 25.7 Å². The molecule has 7 heteroatoms. The van der Waals surface area contributed by atoms with Crippen LogP contribution in [-0.4, -0.2) is 74.7 Å². The van der Waals surface area contributed by atoms with Crippen molar-refractivity contribution in [2.24, 2.45) is 0 Å². The number of aryl methyl sites for hydroxylation is 2. The summed E-state index contributed by atoms with van der Waals surface area (Å²) in [6, 6.07) is 3.75. The predicted molar refractivity (Wildman–Crippen MR) is 113 cm³/mol. The van der Waals surface area contributed by atoms with Gasteiger partial charge in [-0.1, -0.05) is 32.9 Å². The maximum atomic E-state index is 13.3. The molecule has 2 rings (SSSR count). The van der Waals surface area contributed by atoms with Crippen molar-refractivity contribution in [3.05, 3.63) is 28.8 Å². The Morgan fingerprint density at radius 2 is 1.50 bits per heavy atom. The Morgan fingerprint density at radius 1 is 1.04 bits per heavy atom. The van der Waals surface area contributed by atoms with Gasteiger partial charge in [0, 0.05) is 40.3 Å². The van der Waals surface area contributed by atoms with E-state index in [1.54, 1.807) is 23.3 Å². The number of nitrogens with zero attached hydrogens (tertiary/aromatic N) is 3. The molecule has 1 heterocycles. The van der Waals surface area contributed by atoms with Crippen molar-refractivity contribution < 1.29 is 13.2 Å². The molecule has 1 aliphatic rings. The number of likely N-dealkylation sites (N-methyl/N-ethyl adjacent to an activating group) is 1. The van der Waals surface area contributed by atoms with Crippen molar-refractivity contribution in [3.63, 3.8) is 0 Å². The van der Waals surface area contributed by atoms with Gasteiger partial charge in [-0.25, -0.2) is 8.42 Å². The highest BCUT2D eigenvalue weighted by atomic mass is 32.2. The van der Waals surface area contributed by atoms with E-state index in [4.69, 9.17) is 0 Å². The number of amides is 1. The van der Waals surface area contributed by atoms with Gasteiger partial charge in [0.25, 0.3) is 0 Å². The number of hydrogen-bond acceptors (Lipinski definition) is 4. The van der Waals surface area contributed by atoms with Crippen LogP contribution in [0.25, 0.3) is 0 Å². The second kappa shape index (κ2) is 8.13. The molecule has 1 fully saturated rings. The first-order valence-corrected chi connectivity index (χ1v) is 11.3. The zero-order valence-corrected chi connectivity index (χ0v) is 19.4. The molecule has 158 valence electrons. The number of carbonyl (C=O) groups is 1. The number of hydrogen-bond donors (Lipinski definition) is 0. The van der Waals surface area contributed by atoms with E-state index in [1.807, 2.05) is 32.9 Å². The van der Waals surface area contributed by atoms with Gasteiger partial charge in [-0.3, -0.25) is 9.69 Å². The van der Waals surface area contributed by atoms with E-state index in [1.165, 1.54) is 0 Å². The average molecular weight is 410 g/mol. The molecular weight excluding hydrogens is 374 g/mol. The lowest BCUT2D eigenvalue weighted by molar-refractivity contribution is -0.134. The molecule has 0 aromatic heterocycles. The van der Waals surface area contributed by atoms with E-state index < -0.39 is 10.0 Å². The van der Waals surface area contributed by atoms with E-state index >= 15 is 0 Å². The fourth-order valence-corrected chi connectivity index (χ4v) is 5.61. The molecule has 0 aliphatic carbocycles. The first-order chi connectivity index (χ1) is 12.8. The van der Waals surface area contributed by atoms with Gasteiger partial charge in [0.2, 0.25) is 15.9 Å². The first-order valence-electron chi connectivity index (χ1n) is 9.84. The van der Waals surface area contributed by atoms with Gasteiger partial charge in [0.15, 0.2) is 0 Å². The number of carbonyl (C=O) groups excluding carboxylic acids is 1. The Bertz CT molecular complexity index is 810. The maximum absolute atomic E-state index is 13.3. The number of benzene rings is 1. The summed E-state index contributed by atoms with van der Waals surface area (Å²) in [5.41, 5.74) is 2.70. The van der Waals surface area contributed by atoms with E-state index in [9.17, 15) is 13.2 Å². The summed E-state index contributed by atoms with van der Waals surface area (Å²) in [4.78, 5) is 16.3. The highest BCUT2D eigenvalue weighted by molar-refractivity contribution is 7.89. The van der Waals surface area contributed by atoms with Gasteiger partial charge in [-0.15, -0.1) is 0 Å². The van der Waals surface area contributed by atoms with Crippen LogP contribution >= 0.6 is 0 Å². The van der Waals surface area contributed by atoms with Crippen LogP contribution in [0.5, 0.6) is 0 Å². The van der Waals surface area contributed by atoms with Crippen LogP contribution in [0, 0.1) is 13.8 Å². The summed E-state index contributed by atoms with van der Waals surface area (Å²) in [5.74, 6) is 0.0424. The lowest BCUT2D eigenvalue weighted by atomic mass is 9.85. The second-order valence-electron chi connectivity index (χ2n) is 9.04. The van der Waals surface area contributed by atoms with Crippen molar-refractivity contribution >= 4 is 15.9 Å². The second-order valence-corrected chi connectivity index (χ2v) is 10.9. The lowest BCUT2D eigenvalue weighted by Crippen LogP contribution is -2.54. The van der Waals surface area contributed by atoms with Gasteiger partial charge in [-0.2, -0.15) is 4.31 Å². The highest BCUT2D eigenvalue weighted by Gasteiger charge is 2.34. The Labute approximate surface area is 170 Å². The minimum Gasteiger partial charge on any atom is -0.347 e. The molecule has 0 radical (unpaired) electrons. The minimum absolute atomic E-state index is 0.0292. The molecule has 28 heavy (non-hydrogen) atoms. The monoisotopic (exact) mass is 409 g/mol. The molecule has 1 aromatic carbocycles. The normalized spacial score (nSPS) is 18.1. The zero-order chi connectivity index (χ0) is 21.4. The molecule has 1 amide bonds. The van der Waals surface area contributed by atoms with Gasteiger partial charge in [-0.05, 0) is 42.9 Å². The van der Waals surface area contributed by atoms with Crippen molar-refractivity contribution in [1.29, 1.82) is 0 Å². The number of rotatable bonds is 4. The van der Waals surface area contributed by atoms with Crippen LogP contribution in [0.1, 0.15) is 44.4 Å². The first kappa shape index (κ1) is 22.8. The van der Waals surface area contributed by atoms with Gasteiger partial charge in [0.05, 0.1) is 10.9 Å². The Kier molecular flexibility index (Phi) is 6.63. The number of sulfonamides is 1. The quantitative estimate of drug-likeness (QED) is 0.766. The lowest BCUT2D eigenvalue weighted by Gasteiger charge is -2.37. The van der Waals surface area contributed by atoms with Crippen LogP contribution in [0.2, 0.25) is 0 Å². The van der Waals surface area contributed by atoms with Crippen molar-refractivity contribution in [2.75, 3.05) is 40.3 Å². The Balaban J connectivity index is 2.23. The fourth-order valence-electron chi connectivity index (χ4n) is 3.78. The summed E-state index contributed by atoms with van der Waals surface area (Å²) in [7, 11) is -0.0752. The molecule has 0 saturated carbocycles. The van der Waals surface area contributed by atoms with Crippen molar-refractivity contribution in [1.82, 2.24) is 14.1 Å². The number of piperazine rings is 1. The molecule has 1 aliphatic heterocycles. The predicted octanol–water partition coefficient (Wildman–Crippen LogP) is 2.38. The molecule has 1 aromatic rings. The maximum Gasteiger partial charge on any atom is 0.243 e. The summed E-state index contributed by atoms with van der Waals surface area (Å²) in [5, 5.41) is 0. The smallest absolute Gasteiger partial charge is 0.243 e. The van der Waals surface area contributed by atoms with Crippen molar-refractivity contribution in [2.45, 2.75) is 57.9 Å². The van der Waals surface area contributed by atoms with E-state index in [0.717, 1.165) is 16.7 Å². The minimum atomic E-state index is -3.56. The largest absolute Gasteiger partial charge is 0.347 e. The molecular formula is C21H35N3O3S. The van der Waals surface area contributed by atoms with Gasteiger partial charge in [0.1, 0.15) is 0 Å². The van der Waals surface area contributed by atoms with Crippen molar-refractivity contribution in [3.8, 4) is 0 Å². The zero-order valence-electron chi connectivity index (χ0n) is 18.5. The third-order valence-corrected chi connectivity index (χ3v) is 7.75. The average Bonchev–Trinajstić information content (AvgIpc) is 2.58. The molecule has 0 N–H and O–H groups in total.